The van der Waals surface area contributed by atoms with Crippen molar-refractivity contribution in [2.45, 2.75) is 26.0 Å². The Morgan fingerprint density at radius 3 is 2.94 bits per heavy atom. The Morgan fingerprint density at radius 2 is 2.38 bits per heavy atom. The first kappa shape index (κ1) is 11.8. The molecule has 0 radical (unpaired) electrons. The Labute approximate surface area is 100 Å². The fourth-order valence-corrected chi connectivity index (χ4v) is 2.16. The van der Waals surface area contributed by atoms with Crippen molar-refractivity contribution in [2.75, 3.05) is 13.1 Å². The third-order valence-corrected chi connectivity index (χ3v) is 3.27. The van der Waals surface area contributed by atoms with Gasteiger partial charge in [-0.2, -0.15) is 5.10 Å². The lowest BCUT2D eigenvalue weighted by Gasteiger charge is -2.16. The highest BCUT2D eigenvalue weighted by atomic mass is 35.5. The maximum Gasteiger partial charge on any atom is 0.151 e. The van der Waals surface area contributed by atoms with Gasteiger partial charge < -0.3 is 5.11 Å². The molecule has 1 aromatic rings. The van der Waals surface area contributed by atoms with Crippen LogP contribution in [0.5, 0.6) is 0 Å². The van der Waals surface area contributed by atoms with Gasteiger partial charge in [0.1, 0.15) is 0 Å². The van der Waals surface area contributed by atoms with E-state index in [1.165, 1.54) is 0 Å². The molecule has 1 saturated heterocycles. The van der Waals surface area contributed by atoms with E-state index in [0.717, 1.165) is 31.7 Å². The summed E-state index contributed by atoms with van der Waals surface area (Å²) in [4.78, 5) is 2.29. The second-order valence-corrected chi connectivity index (χ2v) is 4.76. The largest absolute Gasteiger partial charge is 0.393 e. The predicted octanol–water partition coefficient (Wildman–Crippen LogP) is 1.33. The molecular formula is C11H16ClN3O. The van der Waals surface area contributed by atoms with Gasteiger partial charge in [0, 0.05) is 13.1 Å². The van der Waals surface area contributed by atoms with Crippen LogP contribution in [0, 0.1) is 5.92 Å². The molecule has 4 nitrogen and oxygen atoms in total. The number of nitrogens with zero attached hydrogens (tertiary/aromatic N) is 3. The summed E-state index contributed by atoms with van der Waals surface area (Å²) < 4.78 is 0. The van der Waals surface area contributed by atoms with E-state index >= 15 is 0 Å². The van der Waals surface area contributed by atoms with Gasteiger partial charge >= 0.3 is 0 Å². The summed E-state index contributed by atoms with van der Waals surface area (Å²) in [5, 5.41) is 17.8. The average Bonchev–Trinajstić information content (AvgIpc) is 2.70. The molecule has 1 aliphatic heterocycles. The minimum atomic E-state index is -0.221. The van der Waals surface area contributed by atoms with E-state index < -0.39 is 0 Å². The number of likely N-dealkylation sites (tertiary alicyclic amines) is 1. The Hall–Kier alpha value is -0.710. The van der Waals surface area contributed by atoms with E-state index in [0.29, 0.717) is 11.1 Å². The van der Waals surface area contributed by atoms with Crippen molar-refractivity contribution >= 4 is 11.6 Å². The number of aliphatic hydroxyl groups is 1. The van der Waals surface area contributed by atoms with Gasteiger partial charge in [-0.25, -0.2) is 0 Å². The molecule has 88 valence electrons. The van der Waals surface area contributed by atoms with Crippen LogP contribution in [0.15, 0.2) is 12.1 Å². The summed E-state index contributed by atoms with van der Waals surface area (Å²) in [6.45, 7) is 4.59. The number of aromatic nitrogens is 2. The van der Waals surface area contributed by atoms with Gasteiger partial charge in [-0.15, -0.1) is 5.10 Å². The van der Waals surface area contributed by atoms with E-state index in [1.54, 1.807) is 6.07 Å². The Kier molecular flexibility index (Phi) is 3.74. The molecule has 1 aliphatic rings. The van der Waals surface area contributed by atoms with Gasteiger partial charge in [-0.1, -0.05) is 11.6 Å². The predicted molar refractivity (Wildman–Crippen MR) is 62.1 cm³/mol. The first-order valence-corrected chi connectivity index (χ1v) is 5.91. The fraction of sp³-hybridized carbons (Fsp3) is 0.636. The lowest BCUT2D eigenvalue weighted by molar-refractivity contribution is 0.127. The van der Waals surface area contributed by atoms with Gasteiger partial charge in [0.25, 0.3) is 0 Å². The zero-order valence-electron chi connectivity index (χ0n) is 9.30. The van der Waals surface area contributed by atoms with E-state index in [9.17, 15) is 5.11 Å². The van der Waals surface area contributed by atoms with Crippen LogP contribution >= 0.6 is 11.6 Å². The minimum Gasteiger partial charge on any atom is -0.393 e. The second-order valence-electron chi connectivity index (χ2n) is 4.37. The lowest BCUT2D eigenvalue weighted by atomic mass is 10.0. The van der Waals surface area contributed by atoms with Gasteiger partial charge in [0.05, 0.1) is 11.8 Å². The van der Waals surface area contributed by atoms with Crippen molar-refractivity contribution in [3.05, 3.63) is 23.0 Å². The lowest BCUT2D eigenvalue weighted by Crippen LogP contribution is -2.24. The molecule has 0 amide bonds. The summed E-state index contributed by atoms with van der Waals surface area (Å²) >= 11 is 5.67. The molecule has 0 bridgehead atoms. The van der Waals surface area contributed by atoms with E-state index in [1.807, 2.05) is 13.0 Å². The Morgan fingerprint density at radius 1 is 1.56 bits per heavy atom. The van der Waals surface area contributed by atoms with Crippen molar-refractivity contribution in [1.82, 2.24) is 15.1 Å². The van der Waals surface area contributed by atoms with Crippen LogP contribution in [0.4, 0.5) is 0 Å². The summed E-state index contributed by atoms with van der Waals surface area (Å²) in [6, 6.07) is 3.65. The highest BCUT2D eigenvalue weighted by Gasteiger charge is 2.25. The smallest absolute Gasteiger partial charge is 0.151 e. The van der Waals surface area contributed by atoms with E-state index in [4.69, 9.17) is 11.6 Å². The SMILES string of the molecule is CC(O)C1CCN(Cc2ccc(Cl)nn2)C1. The quantitative estimate of drug-likeness (QED) is 0.868. The number of hydrogen-bond donors (Lipinski definition) is 1. The van der Waals surface area contributed by atoms with Crippen molar-refractivity contribution in [3.63, 3.8) is 0 Å². The molecule has 16 heavy (non-hydrogen) atoms. The Balaban J connectivity index is 1.89. The number of rotatable bonds is 3. The fourth-order valence-electron chi connectivity index (χ4n) is 2.06. The third-order valence-electron chi connectivity index (χ3n) is 3.06. The molecule has 2 unspecified atom stereocenters. The van der Waals surface area contributed by atoms with Gasteiger partial charge in [-0.3, -0.25) is 4.90 Å². The van der Waals surface area contributed by atoms with Crippen molar-refractivity contribution in [1.29, 1.82) is 0 Å². The third kappa shape index (κ3) is 2.90. The van der Waals surface area contributed by atoms with E-state index in [2.05, 4.69) is 15.1 Å². The van der Waals surface area contributed by atoms with Crippen molar-refractivity contribution < 1.29 is 5.11 Å². The van der Waals surface area contributed by atoms with Crippen LogP contribution in [-0.2, 0) is 6.54 Å². The molecular weight excluding hydrogens is 226 g/mol. The molecule has 2 rings (SSSR count). The summed E-state index contributed by atoms with van der Waals surface area (Å²) in [5.41, 5.74) is 0.927. The van der Waals surface area contributed by atoms with Crippen molar-refractivity contribution in [2.24, 2.45) is 5.92 Å². The number of halogens is 1. The molecule has 5 heteroatoms. The number of hydrogen-bond acceptors (Lipinski definition) is 4. The summed E-state index contributed by atoms with van der Waals surface area (Å²) in [6.07, 6.45) is 0.833. The first-order chi connectivity index (χ1) is 7.65. The highest BCUT2D eigenvalue weighted by Crippen LogP contribution is 2.20. The monoisotopic (exact) mass is 241 g/mol. The molecule has 2 heterocycles. The van der Waals surface area contributed by atoms with Gasteiger partial charge in [0.15, 0.2) is 5.15 Å². The van der Waals surface area contributed by atoms with Gasteiger partial charge in [0.2, 0.25) is 0 Å². The van der Waals surface area contributed by atoms with Crippen LogP contribution in [0.1, 0.15) is 19.0 Å². The van der Waals surface area contributed by atoms with Gasteiger partial charge in [-0.05, 0) is 37.9 Å². The van der Waals surface area contributed by atoms with Crippen LogP contribution in [0.3, 0.4) is 0 Å². The molecule has 0 spiro atoms. The molecule has 1 aromatic heterocycles. The molecule has 1 N–H and O–H groups in total. The van der Waals surface area contributed by atoms with Crippen LogP contribution in [0.25, 0.3) is 0 Å². The zero-order chi connectivity index (χ0) is 11.5. The van der Waals surface area contributed by atoms with Crippen LogP contribution in [-0.4, -0.2) is 39.4 Å². The molecule has 0 saturated carbocycles. The maximum atomic E-state index is 9.50. The average molecular weight is 242 g/mol. The molecule has 0 aromatic carbocycles. The molecule has 0 aliphatic carbocycles. The first-order valence-electron chi connectivity index (χ1n) is 5.53. The van der Waals surface area contributed by atoms with E-state index in [-0.39, 0.29) is 6.10 Å². The molecule has 2 atom stereocenters. The maximum absolute atomic E-state index is 9.50. The van der Waals surface area contributed by atoms with Crippen LogP contribution in [0.2, 0.25) is 5.15 Å². The molecule has 1 fully saturated rings. The second kappa shape index (κ2) is 5.08. The summed E-state index contributed by atoms with van der Waals surface area (Å²) in [7, 11) is 0. The normalized spacial score (nSPS) is 23.6. The topological polar surface area (TPSA) is 49.2 Å². The number of aliphatic hydroxyl groups excluding tert-OH is 1. The summed E-state index contributed by atoms with van der Waals surface area (Å²) in [5.74, 6) is 0.389. The van der Waals surface area contributed by atoms with Crippen LogP contribution < -0.4 is 0 Å². The zero-order valence-corrected chi connectivity index (χ0v) is 10.1. The standard InChI is InChI=1S/C11H16ClN3O/c1-8(16)9-4-5-15(6-9)7-10-2-3-11(12)14-13-10/h2-3,8-9,16H,4-7H2,1H3. The Bertz CT molecular complexity index is 342. The highest BCUT2D eigenvalue weighted by molar-refractivity contribution is 6.29. The van der Waals surface area contributed by atoms with Crippen molar-refractivity contribution in [3.8, 4) is 0 Å². The minimum absolute atomic E-state index is 0.221.